The maximum Gasteiger partial charge on any atom is 0.293 e. The lowest BCUT2D eigenvalue weighted by atomic mass is 10.0. The highest BCUT2D eigenvalue weighted by molar-refractivity contribution is 6.02. The van der Waals surface area contributed by atoms with Crippen LogP contribution in [0.15, 0.2) is 42.5 Å². The van der Waals surface area contributed by atoms with Crippen LogP contribution >= 0.6 is 0 Å². The number of nitro benzene ring substituents is 1. The maximum absolute atomic E-state index is 11.1. The Bertz CT molecular complexity index is 757. The highest BCUT2D eigenvalue weighted by Crippen LogP contribution is 2.30. The molecule has 0 saturated heterocycles. The highest BCUT2D eigenvalue weighted by Gasteiger charge is 2.19. The molecule has 0 heterocycles. The Morgan fingerprint density at radius 3 is 2.00 bits per heavy atom. The quantitative estimate of drug-likeness (QED) is 0.609. The second kappa shape index (κ2) is 5.92. The molecular weight excluding hydrogens is 292 g/mol. The van der Waals surface area contributed by atoms with Gasteiger partial charge in [0.25, 0.3) is 5.69 Å². The smallest absolute Gasteiger partial charge is 0.293 e. The highest BCUT2D eigenvalue weighted by atomic mass is 16.6. The fourth-order valence-electron chi connectivity index (χ4n) is 1.85. The first kappa shape index (κ1) is 15.0. The van der Waals surface area contributed by atoms with Crippen molar-refractivity contribution in [1.82, 2.24) is 0 Å². The van der Waals surface area contributed by atoms with E-state index in [1.54, 1.807) is 30.3 Å². The number of carbonyl (C=O) groups excluding carboxylic acids is 2. The minimum Gasteiger partial charge on any atom is -0.545 e. The summed E-state index contributed by atoms with van der Waals surface area (Å²) in [6.07, 6.45) is 0. The molecule has 0 saturated carbocycles. The van der Waals surface area contributed by atoms with E-state index >= 15 is 0 Å². The Morgan fingerprint density at radius 2 is 1.50 bits per heavy atom. The minimum atomic E-state index is -1.84. The molecule has 112 valence electrons. The lowest BCUT2D eigenvalue weighted by molar-refractivity contribution is -0.384. The predicted molar refractivity (Wildman–Crippen MR) is 71.5 cm³/mol. The van der Waals surface area contributed by atoms with E-state index in [4.69, 9.17) is 0 Å². The van der Waals surface area contributed by atoms with Crippen LogP contribution in [-0.2, 0) is 0 Å². The summed E-state index contributed by atoms with van der Waals surface area (Å²) in [6.45, 7) is 0. The van der Waals surface area contributed by atoms with Crippen molar-refractivity contribution in [2.45, 2.75) is 0 Å². The third-order valence-corrected chi connectivity index (χ3v) is 2.83. The maximum atomic E-state index is 11.1. The Morgan fingerprint density at radius 1 is 0.955 bits per heavy atom. The summed E-state index contributed by atoms with van der Waals surface area (Å²) < 4.78 is 0. The molecule has 0 bridgehead atoms. The Balaban J connectivity index is 2.61. The van der Waals surface area contributed by atoms with Crippen molar-refractivity contribution in [1.29, 1.82) is 0 Å². The minimum absolute atomic E-state index is 0.166. The number of hydrogen-bond acceptors (Lipinski definition) is 7. The van der Waals surface area contributed by atoms with Crippen LogP contribution in [0.3, 0.4) is 0 Å². The summed E-state index contributed by atoms with van der Waals surface area (Å²) in [4.78, 5) is 32.2. The van der Waals surface area contributed by atoms with Gasteiger partial charge in [0.15, 0.2) is 0 Å². The summed E-state index contributed by atoms with van der Waals surface area (Å²) in [5.41, 5.74) is -1.81. The van der Waals surface area contributed by atoms with E-state index in [-0.39, 0.29) is 5.69 Å². The van der Waals surface area contributed by atoms with Crippen LogP contribution in [0.2, 0.25) is 0 Å². The van der Waals surface area contributed by atoms with E-state index in [1.807, 2.05) is 0 Å². The van der Waals surface area contributed by atoms with Crippen LogP contribution in [-0.4, -0.2) is 16.9 Å². The van der Waals surface area contributed by atoms with Crippen molar-refractivity contribution in [2.75, 3.05) is 5.32 Å². The Hall–Kier alpha value is -3.42. The summed E-state index contributed by atoms with van der Waals surface area (Å²) in [5.74, 6) is -3.61. The number of carboxylic acid groups (broad SMARTS) is 2. The number of hydrogen-bond donors (Lipinski definition) is 1. The Kier molecular flexibility index (Phi) is 4.03. The van der Waals surface area contributed by atoms with Crippen LogP contribution in [0.4, 0.5) is 17.1 Å². The largest absolute Gasteiger partial charge is 0.545 e. The van der Waals surface area contributed by atoms with Gasteiger partial charge in [0.2, 0.25) is 0 Å². The van der Waals surface area contributed by atoms with E-state index in [1.165, 1.54) is 0 Å². The lowest BCUT2D eigenvalue weighted by Gasteiger charge is -2.15. The van der Waals surface area contributed by atoms with Crippen LogP contribution < -0.4 is 15.5 Å². The molecule has 0 aromatic heterocycles. The molecule has 2 rings (SSSR count). The number of carbonyl (C=O) groups is 2. The van der Waals surface area contributed by atoms with Crippen LogP contribution in [0.5, 0.6) is 0 Å². The van der Waals surface area contributed by atoms with Gasteiger partial charge in [-0.25, -0.2) is 0 Å². The zero-order chi connectivity index (χ0) is 16.3. The third-order valence-electron chi connectivity index (χ3n) is 2.83. The zero-order valence-corrected chi connectivity index (χ0v) is 10.9. The van der Waals surface area contributed by atoms with Crippen molar-refractivity contribution in [2.24, 2.45) is 0 Å². The van der Waals surface area contributed by atoms with Gasteiger partial charge in [-0.1, -0.05) is 18.2 Å². The molecule has 8 nitrogen and oxygen atoms in total. The predicted octanol–water partition coefficient (Wildman–Crippen LogP) is 0.0654. The number of para-hydroxylation sites is 1. The molecular formula is C14H8N2O6-2. The van der Waals surface area contributed by atoms with Gasteiger partial charge < -0.3 is 25.1 Å². The average molecular weight is 300 g/mol. The average Bonchev–Trinajstić information content (AvgIpc) is 2.47. The summed E-state index contributed by atoms with van der Waals surface area (Å²) in [7, 11) is 0. The summed E-state index contributed by atoms with van der Waals surface area (Å²) in [6, 6.07) is 9.75. The first-order valence-corrected chi connectivity index (χ1v) is 5.97. The lowest BCUT2D eigenvalue weighted by Crippen LogP contribution is -2.30. The molecule has 0 radical (unpaired) electrons. The molecule has 22 heavy (non-hydrogen) atoms. The molecule has 0 aliphatic heterocycles. The van der Waals surface area contributed by atoms with Crippen LogP contribution in [0.1, 0.15) is 20.7 Å². The van der Waals surface area contributed by atoms with Gasteiger partial charge in [-0.3, -0.25) is 10.1 Å². The molecule has 0 spiro atoms. The third kappa shape index (κ3) is 3.01. The van der Waals surface area contributed by atoms with Gasteiger partial charge in [-0.2, -0.15) is 0 Å². The SMILES string of the molecule is O=C([O-])c1cc(Nc2ccccc2)c([N+](=O)[O-])cc1C(=O)[O-]. The number of nitrogens with zero attached hydrogens (tertiary/aromatic N) is 1. The first-order valence-electron chi connectivity index (χ1n) is 5.97. The topological polar surface area (TPSA) is 135 Å². The van der Waals surface area contributed by atoms with Gasteiger partial charge in [-0.15, -0.1) is 0 Å². The van der Waals surface area contributed by atoms with Crippen molar-refractivity contribution >= 4 is 29.0 Å². The summed E-state index contributed by atoms with van der Waals surface area (Å²) >= 11 is 0. The number of nitro groups is 1. The fourth-order valence-corrected chi connectivity index (χ4v) is 1.85. The monoisotopic (exact) mass is 300 g/mol. The Labute approximate surface area is 123 Å². The van der Waals surface area contributed by atoms with Gasteiger partial charge in [0, 0.05) is 22.9 Å². The molecule has 8 heteroatoms. The van der Waals surface area contributed by atoms with Crippen molar-refractivity contribution in [3.8, 4) is 0 Å². The van der Waals surface area contributed by atoms with Crippen molar-refractivity contribution in [3.63, 3.8) is 0 Å². The van der Waals surface area contributed by atoms with Gasteiger partial charge >= 0.3 is 0 Å². The molecule has 0 fully saturated rings. The van der Waals surface area contributed by atoms with Crippen LogP contribution in [0, 0.1) is 10.1 Å². The number of rotatable bonds is 5. The van der Waals surface area contributed by atoms with E-state index in [2.05, 4.69) is 5.32 Å². The molecule has 2 aromatic carbocycles. The normalized spacial score (nSPS) is 10.0. The molecule has 0 unspecified atom stereocenters. The van der Waals surface area contributed by atoms with Crippen molar-refractivity contribution < 1.29 is 24.7 Å². The van der Waals surface area contributed by atoms with E-state index in [9.17, 15) is 29.9 Å². The first-order chi connectivity index (χ1) is 10.4. The van der Waals surface area contributed by atoms with Crippen LogP contribution in [0.25, 0.3) is 0 Å². The molecule has 0 atom stereocenters. The fraction of sp³-hybridized carbons (Fsp3) is 0. The number of benzene rings is 2. The molecule has 0 aliphatic carbocycles. The number of anilines is 2. The van der Waals surface area contributed by atoms with Crippen molar-refractivity contribution in [3.05, 3.63) is 63.7 Å². The van der Waals surface area contributed by atoms with Gasteiger partial charge in [0.05, 0.1) is 16.9 Å². The van der Waals surface area contributed by atoms with E-state index < -0.39 is 33.7 Å². The molecule has 1 N–H and O–H groups in total. The molecule has 2 aromatic rings. The van der Waals surface area contributed by atoms with Gasteiger partial charge in [-0.05, 0) is 18.2 Å². The number of carboxylic acids is 2. The second-order valence-electron chi connectivity index (χ2n) is 4.24. The molecule has 0 aliphatic rings. The zero-order valence-electron chi connectivity index (χ0n) is 10.9. The van der Waals surface area contributed by atoms with E-state index in [0.717, 1.165) is 6.07 Å². The van der Waals surface area contributed by atoms with E-state index in [0.29, 0.717) is 11.8 Å². The number of nitrogens with one attached hydrogen (secondary N) is 1. The number of aromatic carboxylic acids is 2. The standard InChI is InChI=1S/C14H10N2O6/c17-13(18)9-6-11(15-8-4-2-1-3-5-8)12(16(21)22)7-10(9)14(19)20/h1-7,15H,(H,17,18)(H,19,20)/p-2. The van der Waals surface area contributed by atoms with Gasteiger partial charge in [0.1, 0.15) is 5.69 Å². The second-order valence-corrected chi connectivity index (χ2v) is 4.24. The molecule has 0 amide bonds. The summed E-state index contributed by atoms with van der Waals surface area (Å²) in [5, 5.41) is 35.7.